The summed E-state index contributed by atoms with van der Waals surface area (Å²) in [6.07, 6.45) is -0.612. The van der Waals surface area contributed by atoms with E-state index in [1.54, 1.807) is 0 Å². The molecule has 0 aromatic heterocycles. The highest BCUT2D eigenvalue weighted by molar-refractivity contribution is 6.00. The number of hydrogen-bond acceptors (Lipinski definition) is 6. The fourth-order valence-corrected chi connectivity index (χ4v) is 1.39. The monoisotopic (exact) mass is 259 g/mol. The number of ether oxygens (including phenoxy) is 1. The lowest BCUT2D eigenvalue weighted by Gasteiger charge is -2.18. The number of rotatable bonds is 8. The van der Waals surface area contributed by atoms with Crippen LogP contribution in [0.15, 0.2) is 12.3 Å². The molecule has 1 aliphatic rings. The van der Waals surface area contributed by atoms with Gasteiger partial charge in [-0.2, -0.15) is 5.06 Å². The highest BCUT2D eigenvalue weighted by Crippen LogP contribution is 2.15. The molecule has 102 valence electrons. The van der Waals surface area contributed by atoms with Gasteiger partial charge in [-0.05, 0) is 0 Å². The molecule has 1 aliphatic heterocycles. The highest BCUT2D eigenvalue weighted by atomic mass is 16.8. The predicted molar refractivity (Wildman–Crippen MR) is 59.6 cm³/mol. The Balaban J connectivity index is 2.25. The lowest BCUT2D eigenvalue weighted by Crippen LogP contribution is -2.34. The first-order valence-corrected chi connectivity index (χ1v) is 5.66. The summed E-state index contributed by atoms with van der Waals surface area (Å²) in [7, 11) is 0. The Morgan fingerprint density at radius 1 is 1.39 bits per heavy atom. The van der Waals surface area contributed by atoms with E-state index in [0.29, 0.717) is 17.2 Å². The number of aliphatic hydroxyl groups excluding tert-OH is 2. The van der Waals surface area contributed by atoms with Gasteiger partial charge < -0.3 is 14.9 Å². The minimum atomic E-state index is -1.27. The summed E-state index contributed by atoms with van der Waals surface area (Å²) in [5.74, 6) is -0.505. The van der Waals surface area contributed by atoms with Gasteiger partial charge in [0.25, 0.3) is 11.8 Å². The highest BCUT2D eigenvalue weighted by Gasteiger charge is 2.31. The van der Waals surface area contributed by atoms with Crippen LogP contribution in [0, 0.1) is 0 Å². The van der Waals surface area contributed by atoms with Crippen molar-refractivity contribution in [1.29, 1.82) is 0 Å². The summed E-state index contributed by atoms with van der Waals surface area (Å²) in [5, 5.41) is 18.6. The van der Waals surface area contributed by atoms with Crippen molar-refractivity contribution in [3.05, 3.63) is 12.3 Å². The average Bonchev–Trinajstić information content (AvgIpc) is 2.65. The average molecular weight is 259 g/mol. The third-order valence-electron chi connectivity index (χ3n) is 2.30. The van der Waals surface area contributed by atoms with E-state index in [1.165, 1.54) is 0 Å². The molecule has 2 N–H and O–H groups in total. The van der Waals surface area contributed by atoms with Crippen LogP contribution in [0.25, 0.3) is 0 Å². The lowest BCUT2D eigenvalue weighted by atomic mass is 10.3. The maximum Gasteiger partial charge on any atom is 0.254 e. The fraction of sp³-hybridized carbons (Fsp3) is 0.636. The van der Waals surface area contributed by atoms with E-state index in [4.69, 9.17) is 14.7 Å². The number of aliphatic hydroxyl groups is 2. The standard InChI is InChI=1S/C11H17NO6/c1-8(17-7-6-13)2-5-11(16)18-12-9(14)3-4-10(12)15/h11,13,16H,1-7H2. The first-order chi connectivity index (χ1) is 8.54. The molecule has 1 heterocycles. The zero-order valence-corrected chi connectivity index (χ0v) is 10.0. The number of carbonyl (C=O) groups is 2. The largest absolute Gasteiger partial charge is 0.496 e. The van der Waals surface area contributed by atoms with Gasteiger partial charge in [-0.3, -0.25) is 9.59 Å². The van der Waals surface area contributed by atoms with E-state index < -0.39 is 18.1 Å². The van der Waals surface area contributed by atoms with Crippen molar-refractivity contribution in [1.82, 2.24) is 5.06 Å². The Hall–Kier alpha value is -1.44. The van der Waals surface area contributed by atoms with Gasteiger partial charge in [0.15, 0.2) is 6.29 Å². The Bertz CT molecular complexity index is 313. The third-order valence-corrected chi connectivity index (χ3v) is 2.30. The summed E-state index contributed by atoms with van der Waals surface area (Å²) in [6.45, 7) is 3.60. The summed E-state index contributed by atoms with van der Waals surface area (Å²) in [6, 6.07) is 0. The molecular weight excluding hydrogens is 242 g/mol. The second-order valence-corrected chi connectivity index (χ2v) is 3.79. The minimum Gasteiger partial charge on any atom is -0.496 e. The summed E-state index contributed by atoms with van der Waals surface area (Å²) >= 11 is 0. The minimum absolute atomic E-state index is 0.109. The number of nitrogens with zero attached hydrogens (tertiary/aromatic N) is 1. The summed E-state index contributed by atoms with van der Waals surface area (Å²) < 4.78 is 5.00. The molecule has 1 saturated heterocycles. The number of imide groups is 1. The van der Waals surface area contributed by atoms with Crippen molar-refractivity contribution in [2.75, 3.05) is 13.2 Å². The van der Waals surface area contributed by atoms with Gasteiger partial charge in [0.2, 0.25) is 0 Å². The number of amides is 2. The summed E-state index contributed by atoms with van der Waals surface area (Å²) in [4.78, 5) is 27.2. The fourth-order valence-electron chi connectivity index (χ4n) is 1.39. The van der Waals surface area contributed by atoms with Crippen LogP contribution in [0.2, 0.25) is 0 Å². The normalized spacial score (nSPS) is 17.1. The molecule has 0 aromatic carbocycles. The molecule has 0 radical (unpaired) electrons. The Kier molecular flexibility index (Phi) is 5.76. The zero-order valence-electron chi connectivity index (χ0n) is 10.0. The Morgan fingerprint density at radius 3 is 2.56 bits per heavy atom. The molecule has 0 aromatic rings. The maximum atomic E-state index is 11.2. The molecule has 7 nitrogen and oxygen atoms in total. The molecule has 0 bridgehead atoms. The molecule has 1 fully saturated rings. The van der Waals surface area contributed by atoms with Gasteiger partial charge in [-0.15, -0.1) is 0 Å². The van der Waals surface area contributed by atoms with Crippen molar-refractivity contribution in [2.24, 2.45) is 0 Å². The van der Waals surface area contributed by atoms with Crippen LogP contribution in [-0.4, -0.2) is 46.6 Å². The van der Waals surface area contributed by atoms with Crippen molar-refractivity contribution >= 4 is 11.8 Å². The van der Waals surface area contributed by atoms with Crippen LogP contribution in [0.4, 0.5) is 0 Å². The van der Waals surface area contributed by atoms with Crippen molar-refractivity contribution < 1.29 is 29.4 Å². The van der Waals surface area contributed by atoms with E-state index in [0.717, 1.165) is 0 Å². The summed E-state index contributed by atoms with van der Waals surface area (Å²) in [5.41, 5.74) is 0. The maximum absolute atomic E-state index is 11.2. The molecule has 0 saturated carbocycles. The van der Waals surface area contributed by atoms with E-state index in [-0.39, 0.29) is 32.5 Å². The quantitative estimate of drug-likeness (QED) is 0.352. The molecule has 1 unspecified atom stereocenters. The first kappa shape index (κ1) is 14.6. The van der Waals surface area contributed by atoms with E-state index in [2.05, 4.69) is 6.58 Å². The molecule has 0 aliphatic carbocycles. The number of allylic oxidation sites excluding steroid dienone is 1. The second kappa shape index (κ2) is 7.10. The van der Waals surface area contributed by atoms with Gasteiger partial charge in [0, 0.05) is 25.7 Å². The van der Waals surface area contributed by atoms with Gasteiger partial charge in [0.05, 0.1) is 12.4 Å². The van der Waals surface area contributed by atoms with E-state index in [9.17, 15) is 14.7 Å². The van der Waals surface area contributed by atoms with Crippen LogP contribution in [0.3, 0.4) is 0 Å². The van der Waals surface area contributed by atoms with Crippen LogP contribution in [0.1, 0.15) is 25.7 Å². The van der Waals surface area contributed by atoms with Gasteiger partial charge in [-0.25, -0.2) is 4.84 Å². The van der Waals surface area contributed by atoms with Crippen LogP contribution < -0.4 is 0 Å². The Morgan fingerprint density at radius 2 is 2.00 bits per heavy atom. The zero-order chi connectivity index (χ0) is 13.5. The SMILES string of the molecule is C=C(CCC(O)ON1C(=O)CCC1=O)OCCO. The van der Waals surface area contributed by atoms with Gasteiger partial charge in [-0.1, -0.05) is 6.58 Å². The second-order valence-electron chi connectivity index (χ2n) is 3.79. The third kappa shape index (κ3) is 4.44. The topological polar surface area (TPSA) is 96.3 Å². The van der Waals surface area contributed by atoms with Crippen LogP contribution >= 0.6 is 0 Å². The van der Waals surface area contributed by atoms with Crippen LogP contribution in [-0.2, 0) is 19.2 Å². The molecule has 2 amide bonds. The molecule has 0 spiro atoms. The van der Waals surface area contributed by atoms with Crippen LogP contribution in [0.5, 0.6) is 0 Å². The molecule has 1 rings (SSSR count). The molecule has 1 atom stereocenters. The lowest BCUT2D eigenvalue weighted by molar-refractivity contribution is -0.245. The number of carbonyl (C=O) groups excluding carboxylic acids is 2. The molecule has 18 heavy (non-hydrogen) atoms. The smallest absolute Gasteiger partial charge is 0.254 e. The number of hydrogen-bond donors (Lipinski definition) is 2. The van der Waals surface area contributed by atoms with E-state index in [1.807, 2.05) is 0 Å². The predicted octanol–water partition coefficient (Wildman–Crippen LogP) is -0.312. The van der Waals surface area contributed by atoms with E-state index >= 15 is 0 Å². The molecule has 7 heteroatoms. The van der Waals surface area contributed by atoms with Crippen molar-refractivity contribution in [3.8, 4) is 0 Å². The van der Waals surface area contributed by atoms with Gasteiger partial charge >= 0.3 is 0 Å². The van der Waals surface area contributed by atoms with Crippen molar-refractivity contribution in [3.63, 3.8) is 0 Å². The van der Waals surface area contributed by atoms with Crippen molar-refractivity contribution in [2.45, 2.75) is 32.0 Å². The van der Waals surface area contributed by atoms with Gasteiger partial charge in [0.1, 0.15) is 6.61 Å². The number of hydroxylamine groups is 2. The Labute approximate surface area is 105 Å². The molecular formula is C11H17NO6. The first-order valence-electron chi connectivity index (χ1n) is 5.66.